The van der Waals surface area contributed by atoms with Crippen LogP contribution in [0.15, 0.2) is 24.3 Å². The SMILES string of the molecule is O=C(C[C@]1(COc2cccc(Cl)c2)CN(C(=O)CCC2CCCC2)CCO1)N1CCCCC1. The Morgan fingerprint density at radius 2 is 1.82 bits per heavy atom. The number of hydrogen-bond acceptors (Lipinski definition) is 4. The highest BCUT2D eigenvalue weighted by atomic mass is 35.5. The molecule has 2 aliphatic heterocycles. The zero-order chi connectivity index (χ0) is 23.1. The fourth-order valence-electron chi connectivity index (χ4n) is 5.39. The highest BCUT2D eigenvalue weighted by molar-refractivity contribution is 6.30. The van der Waals surface area contributed by atoms with E-state index in [2.05, 4.69) is 0 Å². The van der Waals surface area contributed by atoms with Gasteiger partial charge in [0.15, 0.2) is 0 Å². The first kappa shape index (κ1) is 24.3. The fourth-order valence-corrected chi connectivity index (χ4v) is 5.57. The Hall–Kier alpha value is -1.79. The fraction of sp³-hybridized carbons (Fsp3) is 0.692. The Bertz CT molecular complexity index is 807. The number of ether oxygens (including phenoxy) is 2. The molecule has 2 heterocycles. The number of carbonyl (C=O) groups is 2. The summed E-state index contributed by atoms with van der Waals surface area (Å²) >= 11 is 6.12. The lowest BCUT2D eigenvalue weighted by Gasteiger charge is -2.43. The van der Waals surface area contributed by atoms with E-state index in [0.29, 0.717) is 42.8 Å². The van der Waals surface area contributed by atoms with Crippen LogP contribution in [0.25, 0.3) is 0 Å². The summed E-state index contributed by atoms with van der Waals surface area (Å²) in [4.78, 5) is 30.1. The van der Waals surface area contributed by atoms with Crippen molar-refractivity contribution < 1.29 is 19.1 Å². The summed E-state index contributed by atoms with van der Waals surface area (Å²) in [5.41, 5.74) is -0.849. The summed E-state index contributed by atoms with van der Waals surface area (Å²) in [6, 6.07) is 7.24. The van der Waals surface area contributed by atoms with Crippen molar-refractivity contribution in [3.63, 3.8) is 0 Å². The third-order valence-corrected chi connectivity index (χ3v) is 7.56. The largest absolute Gasteiger partial charge is 0.490 e. The number of halogens is 1. The Morgan fingerprint density at radius 1 is 1.03 bits per heavy atom. The summed E-state index contributed by atoms with van der Waals surface area (Å²) in [6.45, 7) is 3.18. The molecule has 1 aromatic rings. The topological polar surface area (TPSA) is 59.1 Å². The van der Waals surface area contributed by atoms with Crippen LogP contribution >= 0.6 is 11.6 Å². The lowest BCUT2D eigenvalue weighted by atomic mass is 9.95. The molecule has 1 aromatic carbocycles. The number of hydrogen-bond donors (Lipinski definition) is 0. The van der Waals surface area contributed by atoms with E-state index >= 15 is 0 Å². The number of rotatable bonds is 8. The minimum atomic E-state index is -0.849. The third kappa shape index (κ3) is 6.86. The van der Waals surface area contributed by atoms with Crippen molar-refractivity contribution in [2.45, 2.75) is 69.8 Å². The molecule has 3 aliphatic rings. The summed E-state index contributed by atoms with van der Waals surface area (Å²) in [5.74, 6) is 1.58. The van der Waals surface area contributed by atoms with Crippen LogP contribution in [0.5, 0.6) is 5.75 Å². The third-order valence-electron chi connectivity index (χ3n) is 7.32. The average molecular weight is 477 g/mol. The minimum absolute atomic E-state index is 0.0876. The first-order valence-electron chi connectivity index (χ1n) is 12.6. The molecule has 182 valence electrons. The van der Waals surface area contributed by atoms with E-state index < -0.39 is 5.60 Å². The summed E-state index contributed by atoms with van der Waals surface area (Å²) in [7, 11) is 0. The Kier molecular flexibility index (Phi) is 8.53. The maximum Gasteiger partial charge on any atom is 0.225 e. The highest BCUT2D eigenvalue weighted by Crippen LogP contribution is 2.30. The van der Waals surface area contributed by atoms with Crippen LogP contribution in [0.2, 0.25) is 5.02 Å². The molecule has 0 N–H and O–H groups in total. The van der Waals surface area contributed by atoms with Crippen LogP contribution in [0, 0.1) is 5.92 Å². The zero-order valence-corrected chi connectivity index (χ0v) is 20.4. The van der Waals surface area contributed by atoms with Gasteiger partial charge in [-0.1, -0.05) is 43.4 Å². The molecule has 1 saturated carbocycles. The van der Waals surface area contributed by atoms with Crippen LogP contribution in [0.3, 0.4) is 0 Å². The van der Waals surface area contributed by atoms with Gasteiger partial charge in [0.1, 0.15) is 18.0 Å². The van der Waals surface area contributed by atoms with Gasteiger partial charge in [-0.05, 0) is 49.8 Å². The minimum Gasteiger partial charge on any atom is -0.490 e. The second-order valence-electron chi connectivity index (χ2n) is 9.90. The molecule has 33 heavy (non-hydrogen) atoms. The molecule has 0 bridgehead atoms. The molecule has 7 heteroatoms. The van der Waals surface area contributed by atoms with Gasteiger partial charge < -0.3 is 19.3 Å². The number of morpholine rings is 1. The smallest absolute Gasteiger partial charge is 0.225 e. The lowest BCUT2D eigenvalue weighted by molar-refractivity contribution is -0.166. The second kappa shape index (κ2) is 11.6. The van der Waals surface area contributed by atoms with Crippen molar-refractivity contribution in [2.24, 2.45) is 5.92 Å². The van der Waals surface area contributed by atoms with Gasteiger partial charge in [-0.15, -0.1) is 0 Å². The number of benzene rings is 1. The summed E-state index contributed by atoms with van der Waals surface area (Å²) < 4.78 is 12.3. The quantitative estimate of drug-likeness (QED) is 0.546. The standard InChI is InChI=1S/C26H37ClN2O4/c27-22-9-6-10-23(17-22)32-20-26(18-25(31)28-13-4-1-5-14-28)19-29(15-16-33-26)24(30)12-11-21-7-2-3-8-21/h6,9-10,17,21H,1-5,7-8,11-16,18-20H2/t26-/m1/s1. The molecule has 0 spiro atoms. The normalized spacial score (nSPS) is 24.2. The lowest BCUT2D eigenvalue weighted by Crippen LogP contribution is -2.58. The van der Waals surface area contributed by atoms with Gasteiger partial charge in [0.2, 0.25) is 11.8 Å². The average Bonchev–Trinajstić information content (AvgIpc) is 3.36. The molecule has 0 aromatic heterocycles. The molecular formula is C26H37ClN2O4. The Labute approximate surface area is 202 Å². The molecule has 0 radical (unpaired) electrons. The van der Waals surface area contributed by atoms with Crippen molar-refractivity contribution in [2.75, 3.05) is 39.4 Å². The van der Waals surface area contributed by atoms with Gasteiger partial charge in [0.05, 0.1) is 19.6 Å². The van der Waals surface area contributed by atoms with Crippen LogP contribution in [0.1, 0.15) is 64.2 Å². The first-order valence-corrected chi connectivity index (χ1v) is 13.0. The van der Waals surface area contributed by atoms with Crippen LogP contribution in [0.4, 0.5) is 0 Å². The predicted molar refractivity (Wildman–Crippen MR) is 128 cm³/mol. The van der Waals surface area contributed by atoms with E-state index in [4.69, 9.17) is 21.1 Å². The second-order valence-corrected chi connectivity index (χ2v) is 10.3. The number of amides is 2. The molecule has 0 unspecified atom stereocenters. The number of piperidine rings is 1. The van der Waals surface area contributed by atoms with E-state index in [9.17, 15) is 9.59 Å². The maximum absolute atomic E-state index is 13.2. The van der Waals surface area contributed by atoms with Gasteiger partial charge in [0, 0.05) is 31.1 Å². The number of carbonyl (C=O) groups excluding carboxylic acids is 2. The molecule has 3 fully saturated rings. The zero-order valence-electron chi connectivity index (χ0n) is 19.6. The van der Waals surface area contributed by atoms with E-state index in [1.165, 1.54) is 32.1 Å². The van der Waals surface area contributed by atoms with E-state index in [1.807, 2.05) is 21.9 Å². The van der Waals surface area contributed by atoms with Gasteiger partial charge in [-0.25, -0.2) is 0 Å². The monoisotopic (exact) mass is 476 g/mol. The van der Waals surface area contributed by atoms with Crippen LogP contribution < -0.4 is 4.74 Å². The maximum atomic E-state index is 13.2. The van der Waals surface area contributed by atoms with Crippen LogP contribution in [-0.2, 0) is 14.3 Å². The molecule has 1 aliphatic carbocycles. The number of likely N-dealkylation sites (tertiary alicyclic amines) is 1. The Morgan fingerprint density at radius 3 is 2.58 bits per heavy atom. The first-order chi connectivity index (χ1) is 16.0. The summed E-state index contributed by atoms with van der Waals surface area (Å²) in [5, 5.41) is 0.597. The van der Waals surface area contributed by atoms with Gasteiger partial charge in [0.25, 0.3) is 0 Å². The van der Waals surface area contributed by atoms with Crippen LogP contribution in [-0.4, -0.2) is 66.6 Å². The van der Waals surface area contributed by atoms with Crippen molar-refractivity contribution in [1.29, 1.82) is 0 Å². The van der Waals surface area contributed by atoms with Crippen molar-refractivity contribution in [3.8, 4) is 5.75 Å². The Balaban J connectivity index is 1.43. The van der Waals surface area contributed by atoms with E-state index in [1.54, 1.807) is 12.1 Å². The molecule has 2 amide bonds. The van der Waals surface area contributed by atoms with Gasteiger partial charge in [-0.2, -0.15) is 0 Å². The van der Waals surface area contributed by atoms with Gasteiger partial charge in [-0.3, -0.25) is 9.59 Å². The van der Waals surface area contributed by atoms with Crippen molar-refractivity contribution in [1.82, 2.24) is 9.80 Å². The van der Waals surface area contributed by atoms with Crippen molar-refractivity contribution >= 4 is 23.4 Å². The molecule has 1 atom stereocenters. The molecular weight excluding hydrogens is 440 g/mol. The van der Waals surface area contributed by atoms with E-state index in [-0.39, 0.29) is 24.8 Å². The highest BCUT2D eigenvalue weighted by Gasteiger charge is 2.42. The van der Waals surface area contributed by atoms with E-state index in [0.717, 1.165) is 32.4 Å². The summed E-state index contributed by atoms with van der Waals surface area (Å²) in [6.07, 6.45) is 10.1. The predicted octanol–water partition coefficient (Wildman–Crippen LogP) is 4.69. The molecule has 4 rings (SSSR count). The van der Waals surface area contributed by atoms with Crippen molar-refractivity contribution in [3.05, 3.63) is 29.3 Å². The van der Waals surface area contributed by atoms with Gasteiger partial charge >= 0.3 is 0 Å². The molecule has 2 saturated heterocycles. The molecule has 6 nitrogen and oxygen atoms in total. The number of nitrogens with zero attached hydrogens (tertiary/aromatic N) is 2.